The fourth-order valence-electron chi connectivity index (χ4n) is 2.01. The Morgan fingerprint density at radius 2 is 1.59 bits per heavy atom. The van der Waals surface area contributed by atoms with Crippen LogP contribution >= 0.6 is 7.80 Å². The number of hydrogen-bond donors (Lipinski definition) is 0. The van der Waals surface area contributed by atoms with Gasteiger partial charge in [-0.05, 0) is 18.1 Å². The van der Waals surface area contributed by atoms with Crippen molar-refractivity contribution in [3.05, 3.63) is 35.9 Å². The predicted octanol–water partition coefficient (Wildman–Crippen LogP) is 5.11. The van der Waals surface area contributed by atoms with Crippen molar-refractivity contribution in [3.63, 3.8) is 0 Å². The molecule has 0 saturated carbocycles. The second-order valence-electron chi connectivity index (χ2n) is 4.72. The summed E-state index contributed by atoms with van der Waals surface area (Å²) in [5, 5.41) is 0. The second kappa shape index (κ2) is 9.48. The zero-order valence-electron chi connectivity index (χ0n) is 11.0. The molecule has 1 unspecified atom stereocenters. The number of rotatable bonds is 9. The fourth-order valence-corrected chi connectivity index (χ4v) is 3.53. The van der Waals surface area contributed by atoms with Gasteiger partial charge in [-0.25, -0.2) is 0 Å². The molecule has 2 heteroatoms. The van der Waals surface area contributed by atoms with Crippen molar-refractivity contribution in [2.45, 2.75) is 51.6 Å². The molecule has 0 N–H and O–H groups in total. The molecule has 17 heavy (non-hydrogen) atoms. The van der Waals surface area contributed by atoms with Gasteiger partial charge in [-0.1, -0.05) is 69.4 Å². The van der Waals surface area contributed by atoms with Gasteiger partial charge in [0.15, 0.2) is 0 Å². The maximum absolute atomic E-state index is 11.9. The minimum absolute atomic E-state index is 0.792. The van der Waals surface area contributed by atoms with Gasteiger partial charge in [-0.2, -0.15) is 0 Å². The Balaban J connectivity index is 2.06. The lowest BCUT2D eigenvalue weighted by atomic mass is 10.1. The van der Waals surface area contributed by atoms with E-state index in [1.54, 1.807) is 0 Å². The molecule has 0 radical (unpaired) electrons. The quantitative estimate of drug-likeness (QED) is 0.441. The van der Waals surface area contributed by atoms with Crippen LogP contribution in [0.1, 0.15) is 51.0 Å². The minimum Gasteiger partial charge on any atom is -0.326 e. The van der Waals surface area contributed by atoms with E-state index in [4.69, 9.17) is 0 Å². The monoisotopic (exact) mass is 252 g/mol. The Morgan fingerprint density at radius 1 is 0.941 bits per heavy atom. The molecule has 0 aliphatic carbocycles. The lowest BCUT2D eigenvalue weighted by Gasteiger charge is -2.03. The fraction of sp³-hybridized carbons (Fsp3) is 0.600. The first kappa shape index (κ1) is 14.5. The molecule has 1 aromatic carbocycles. The van der Waals surface area contributed by atoms with Gasteiger partial charge in [0.1, 0.15) is 0 Å². The van der Waals surface area contributed by atoms with Gasteiger partial charge in [0.05, 0.1) is 7.80 Å². The van der Waals surface area contributed by atoms with E-state index in [-0.39, 0.29) is 0 Å². The van der Waals surface area contributed by atoms with Gasteiger partial charge in [0, 0.05) is 6.16 Å². The molecule has 0 saturated heterocycles. The maximum Gasteiger partial charge on any atom is 0.0804 e. The third-order valence-electron chi connectivity index (χ3n) is 3.05. The average molecular weight is 252 g/mol. The van der Waals surface area contributed by atoms with Crippen LogP contribution in [-0.4, -0.2) is 6.16 Å². The van der Waals surface area contributed by atoms with Crippen molar-refractivity contribution in [3.8, 4) is 0 Å². The standard InChI is InChI=1S/C15H25OP/c1-2-3-4-5-6-10-13-17(16)14-15-11-8-7-9-12-15/h7-9,11-12,17H,2-6,10,13-14H2,1H3. The van der Waals surface area contributed by atoms with Crippen LogP contribution in [0.4, 0.5) is 0 Å². The summed E-state index contributed by atoms with van der Waals surface area (Å²) in [6.07, 6.45) is 9.43. The Kier molecular flexibility index (Phi) is 8.09. The van der Waals surface area contributed by atoms with Gasteiger partial charge >= 0.3 is 0 Å². The van der Waals surface area contributed by atoms with Crippen LogP contribution in [0.3, 0.4) is 0 Å². The first-order valence-electron chi connectivity index (χ1n) is 6.88. The predicted molar refractivity (Wildman–Crippen MR) is 77.4 cm³/mol. The molecule has 96 valence electrons. The normalized spacial score (nSPS) is 12.5. The van der Waals surface area contributed by atoms with Crippen molar-refractivity contribution >= 4 is 7.80 Å². The lowest BCUT2D eigenvalue weighted by molar-refractivity contribution is 0.580. The van der Waals surface area contributed by atoms with Gasteiger partial charge in [-0.15, -0.1) is 0 Å². The van der Waals surface area contributed by atoms with Crippen molar-refractivity contribution < 1.29 is 4.57 Å². The molecule has 0 aliphatic rings. The lowest BCUT2D eigenvalue weighted by Crippen LogP contribution is -1.85. The van der Waals surface area contributed by atoms with Crippen LogP contribution in [0.5, 0.6) is 0 Å². The van der Waals surface area contributed by atoms with Gasteiger partial charge in [0.25, 0.3) is 0 Å². The summed E-state index contributed by atoms with van der Waals surface area (Å²) >= 11 is 0. The summed E-state index contributed by atoms with van der Waals surface area (Å²) in [4.78, 5) is 0. The molecular weight excluding hydrogens is 227 g/mol. The molecule has 0 heterocycles. The van der Waals surface area contributed by atoms with E-state index in [0.717, 1.165) is 18.7 Å². The third kappa shape index (κ3) is 7.39. The Bertz CT molecular complexity index is 308. The Hall–Kier alpha value is -0.550. The molecule has 0 aromatic heterocycles. The van der Waals surface area contributed by atoms with Crippen LogP contribution in [0, 0.1) is 0 Å². The van der Waals surface area contributed by atoms with E-state index in [1.165, 1.54) is 37.7 Å². The number of benzene rings is 1. The molecule has 0 spiro atoms. The highest BCUT2D eigenvalue weighted by atomic mass is 31.1. The van der Waals surface area contributed by atoms with E-state index >= 15 is 0 Å². The van der Waals surface area contributed by atoms with Crippen LogP contribution in [-0.2, 0) is 10.7 Å². The third-order valence-corrected chi connectivity index (χ3v) is 4.77. The molecule has 1 aromatic rings. The highest BCUT2D eigenvalue weighted by molar-refractivity contribution is 7.43. The molecule has 0 amide bonds. The average Bonchev–Trinajstić information content (AvgIpc) is 2.35. The molecule has 1 nitrogen and oxygen atoms in total. The van der Waals surface area contributed by atoms with Crippen LogP contribution < -0.4 is 0 Å². The zero-order chi connectivity index (χ0) is 12.3. The van der Waals surface area contributed by atoms with E-state index in [9.17, 15) is 4.57 Å². The van der Waals surface area contributed by atoms with Crippen molar-refractivity contribution in [1.29, 1.82) is 0 Å². The van der Waals surface area contributed by atoms with Gasteiger partial charge in [-0.3, -0.25) is 0 Å². The molecular formula is C15H25OP. The first-order valence-corrected chi connectivity index (χ1v) is 8.71. The number of hydrogen-bond acceptors (Lipinski definition) is 1. The van der Waals surface area contributed by atoms with E-state index in [1.807, 2.05) is 18.2 Å². The van der Waals surface area contributed by atoms with Crippen molar-refractivity contribution in [1.82, 2.24) is 0 Å². The SMILES string of the molecule is CCCCCCCC[PH](=O)Cc1ccccc1. The summed E-state index contributed by atoms with van der Waals surface area (Å²) in [6, 6.07) is 10.2. The molecule has 0 bridgehead atoms. The van der Waals surface area contributed by atoms with Crippen LogP contribution in [0.15, 0.2) is 30.3 Å². The van der Waals surface area contributed by atoms with E-state index in [2.05, 4.69) is 19.1 Å². The summed E-state index contributed by atoms with van der Waals surface area (Å²) in [7, 11) is -1.38. The van der Waals surface area contributed by atoms with Crippen LogP contribution in [0.25, 0.3) is 0 Å². The first-order chi connectivity index (χ1) is 8.33. The molecule has 1 atom stereocenters. The van der Waals surface area contributed by atoms with Crippen molar-refractivity contribution in [2.24, 2.45) is 0 Å². The van der Waals surface area contributed by atoms with E-state index in [0.29, 0.717) is 0 Å². The van der Waals surface area contributed by atoms with E-state index < -0.39 is 7.80 Å². The summed E-state index contributed by atoms with van der Waals surface area (Å²) < 4.78 is 11.9. The van der Waals surface area contributed by atoms with Gasteiger partial charge in [0.2, 0.25) is 0 Å². The largest absolute Gasteiger partial charge is 0.326 e. The topological polar surface area (TPSA) is 17.1 Å². The van der Waals surface area contributed by atoms with Crippen molar-refractivity contribution in [2.75, 3.05) is 6.16 Å². The smallest absolute Gasteiger partial charge is 0.0804 e. The molecule has 0 fully saturated rings. The Labute approximate surface area is 106 Å². The highest BCUT2D eigenvalue weighted by Crippen LogP contribution is 2.28. The highest BCUT2D eigenvalue weighted by Gasteiger charge is 2.01. The summed E-state index contributed by atoms with van der Waals surface area (Å²) in [5.74, 6) is 0. The second-order valence-corrected chi connectivity index (χ2v) is 6.65. The molecule has 1 rings (SSSR count). The maximum atomic E-state index is 11.9. The molecule has 0 aliphatic heterocycles. The minimum atomic E-state index is -1.38. The zero-order valence-corrected chi connectivity index (χ0v) is 12.0. The van der Waals surface area contributed by atoms with Crippen LogP contribution in [0.2, 0.25) is 0 Å². The Morgan fingerprint density at radius 3 is 2.29 bits per heavy atom. The van der Waals surface area contributed by atoms with Gasteiger partial charge < -0.3 is 4.57 Å². The summed E-state index contributed by atoms with van der Waals surface area (Å²) in [6.45, 7) is 2.23. The number of unbranched alkanes of at least 4 members (excludes halogenated alkanes) is 5. The summed E-state index contributed by atoms with van der Waals surface area (Å²) in [5.41, 5.74) is 1.22.